The van der Waals surface area contributed by atoms with Crippen LogP contribution >= 0.6 is 0 Å². The van der Waals surface area contributed by atoms with E-state index in [9.17, 15) is 0 Å². The topological polar surface area (TPSA) is 62.9 Å². The molecule has 0 bridgehead atoms. The van der Waals surface area contributed by atoms with Gasteiger partial charge in [-0.3, -0.25) is 0 Å². The predicted molar refractivity (Wildman–Crippen MR) is 264 cm³/mol. The molecule has 0 aliphatic heterocycles. The standard InChI is InChI=1S/C59H35N5O2.Pt/c1-3-15-39(16-4-1)46-23-12-24-47(40-17-5-2-6-18-40)58(46)63-38-62(52-27-9-10-28-53(52)63)42-19-11-20-43(35-42)65-44-31-32-49-48-21-7-8-26-51(48)64(54(49)36-44)56-33-30-41(37-61-56)45-22-13-29-55-57(45)50-25-14-34-60-59(50)66-55;/h1-34,37H;/q-2;. The van der Waals surface area contributed by atoms with E-state index in [4.69, 9.17) is 14.1 Å². The first kappa shape index (κ1) is 39.0. The fourth-order valence-electron chi connectivity index (χ4n) is 9.53. The Morgan fingerprint density at radius 2 is 1.12 bits per heavy atom. The van der Waals surface area contributed by atoms with E-state index < -0.39 is 0 Å². The van der Waals surface area contributed by atoms with E-state index >= 15 is 0 Å². The summed E-state index contributed by atoms with van der Waals surface area (Å²) in [5.74, 6) is 1.92. The Labute approximate surface area is 395 Å². The van der Waals surface area contributed by atoms with Gasteiger partial charge < -0.3 is 4.42 Å². The molecule has 0 amide bonds. The van der Waals surface area contributed by atoms with Gasteiger partial charge in [-0.25, -0.2) is 4.98 Å². The molecule has 0 aliphatic rings. The Bertz CT molecular complexity index is 4040. The second-order valence-electron chi connectivity index (χ2n) is 16.3. The number of fused-ring (bicyclic) bond motifs is 7. The van der Waals surface area contributed by atoms with Crippen LogP contribution in [0.4, 0.5) is 0 Å². The maximum atomic E-state index is 6.70. The van der Waals surface area contributed by atoms with Gasteiger partial charge in [0.1, 0.15) is 5.58 Å². The second-order valence-corrected chi connectivity index (χ2v) is 17.3. The summed E-state index contributed by atoms with van der Waals surface area (Å²) in [6, 6.07) is 76.5. The number of nitrogens with zero attached hydrogens (tertiary/aromatic N) is 5. The van der Waals surface area contributed by atoms with Gasteiger partial charge in [-0.1, -0.05) is 24.3 Å². The summed E-state index contributed by atoms with van der Waals surface area (Å²) in [6.07, 6.45) is 3.68. The van der Waals surface area contributed by atoms with Crippen molar-refractivity contribution in [1.29, 1.82) is 0 Å². The normalized spacial score (nSPS) is 11.7. The van der Waals surface area contributed by atoms with E-state index in [1.54, 1.807) is 6.20 Å². The Morgan fingerprint density at radius 3 is 1.88 bits per heavy atom. The molecule has 0 spiro atoms. The molecular weight excluding hydrogens is 1010 g/mol. The van der Waals surface area contributed by atoms with E-state index in [1.807, 2.05) is 48.7 Å². The SMILES string of the molecule is [Pt]=[c]1n(-c2[c-]c(Oc3[c-]c4c(cc3)c3ccccc3n4-c3ccc(-c4cccc5oc6ncccc6c45)cn3)ccc2)c2ccccc2n1-c1c(-c2ccccc2)cccc1-c1ccccc1. The molecule has 0 aliphatic carbocycles. The van der Waals surface area contributed by atoms with Crippen LogP contribution in [-0.2, 0) is 19.4 Å². The van der Waals surface area contributed by atoms with Gasteiger partial charge >= 0.3 is 294 Å². The third-order valence-electron chi connectivity index (χ3n) is 12.5. The molecule has 0 atom stereocenters. The molecule has 0 radical (unpaired) electrons. The number of para-hydroxylation sites is 4. The molecule has 0 fully saturated rings. The quantitative estimate of drug-likeness (QED) is 0.142. The van der Waals surface area contributed by atoms with Crippen LogP contribution in [0.1, 0.15) is 0 Å². The molecule has 0 unspecified atom stereocenters. The number of hydrogen-bond donors (Lipinski definition) is 0. The number of imidazole rings is 1. The van der Waals surface area contributed by atoms with E-state index in [0.29, 0.717) is 17.2 Å². The van der Waals surface area contributed by atoms with Crippen LogP contribution in [0.5, 0.6) is 11.5 Å². The molecule has 8 heteroatoms. The van der Waals surface area contributed by atoms with Gasteiger partial charge in [0.25, 0.3) is 0 Å². The van der Waals surface area contributed by atoms with Crippen LogP contribution in [0.3, 0.4) is 0 Å². The van der Waals surface area contributed by atoms with Crippen molar-refractivity contribution < 1.29 is 28.5 Å². The Balaban J connectivity index is 0.901. The monoisotopic (exact) mass is 1040 g/mol. The summed E-state index contributed by atoms with van der Waals surface area (Å²) in [6.45, 7) is 0. The molecule has 67 heavy (non-hydrogen) atoms. The van der Waals surface area contributed by atoms with E-state index in [-0.39, 0.29) is 0 Å². The summed E-state index contributed by atoms with van der Waals surface area (Å²) in [5, 5.41) is 4.16. The first-order chi connectivity index (χ1) is 33.2. The third-order valence-corrected chi connectivity index (χ3v) is 13.5. The van der Waals surface area contributed by atoms with Crippen LogP contribution in [0, 0.1) is 15.9 Å². The molecule has 320 valence electrons. The third kappa shape index (κ3) is 6.50. The zero-order chi connectivity index (χ0) is 44.4. The fraction of sp³-hybridized carbons (Fsp3) is 0. The van der Waals surface area contributed by atoms with Crippen LogP contribution < -0.4 is 4.74 Å². The van der Waals surface area contributed by atoms with Gasteiger partial charge in [-0.2, -0.15) is 0 Å². The molecule has 0 N–H and O–H groups in total. The molecule has 7 nitrogen and oxygen atoms in total. The van der Waals surface area contributed by atoms with Gasteiger partial charge in [-0.15, -0.1) is 0 Å². The number of aromatic nitrogens is 5. The van der Waals surface area contributed by atoms with Crippen molar-refractivity contribution in [3.63, 3.8) is 0 Å². The number of hydrogen-bond acceptors (Lipinski definition) is 4. The minimum absolute atomic E-state index is 0.570. The molecule has 5 heterocycles. The average Bonchev–Trinajstić information content (AvgIpc) is 4.03. The van der Waals surface area contributed by atoms with E-state index in [0.717, 1.165) is 104 Å². The van der Waals surface area contributed by atoms with Crippen LogP contribution in [0.15, 0.2) is 217 Å². The summed E-state index contributed by atoms with van der Waals surface area (Å²) < 4.78 is 20.6. The van der Waals surface area contributed by atoms with Crippen LogP contribution in [-0.4, -0.2) is 23.7 Å². The Morgan fingerprint density at radius 1 is 0.463 bits per heavy atom. The summed E-state index contributed by atoms with van der Waals surface area (Å²) in [4.78, 5) is 9.53. The first-order valence-electron chi connectivity index (χ1n) is 22.0. The number of pyridine rings is 2. The first-order valence-corrected chi connectivity index (χ1v) is 23.1. The number of ether oxygens (including phenoxy) is 1. The molecule has 0 saturated carbocycles. The van der Waals surface area contributed by atoms with Crippen LogP contribution in [0.2, 0.25) is 0 Å². The Kier molecular flexibility index (Phi) is 9.29. The van der Waals surface area contributed by atoms with E-state index in [2.05, 4.69) is 208 Å². The molecular formula is C59H35N5O2Pt-2. The average molecular weight is 1040 g/mol. The minimum atomic E-state index is 0.570. The molecule has 0 saturated heterocycles. The zero-order valence-electron chi connectivity index (χ0n) is 35.6. The van der Waals surface area contributed by atoms with Crippen molar-refractivity contribution in [2.45, 2.75) is 0 Å². The van der Waals surface area contributed by atoms with Crippen molar-refractivity contribution in [2.24, 2.45) is 0 Å². The zero-order valence-corrected chi connectivity index (χ0v) is 37.8. The summed E-state index contributed by atoms with van der Waals surface area (Å²) in [7, 11) is 0. The van der Waals surface area contributed by atoms with Crippen LogP contribution in [0.25, 0.3) is 105 Å². The van der Waals surface area contributed by atoms with Crippen molar-refractivity contribution in [3.8, 4) is 62.1 Å². The van der Waals surface area contributed by atoms with Gasteiger partial charge in [0, 0.05) is 28.7 Å². The number of benzene rings is 8. The number of furan rings is 1. The number of rotatable bonds is 8. The van der Waals surface area contributed by atoms with Gasteiger partial charge in [-0.05, 0) is 29.8 Å². The fourth-order valence-corrected chi connectivity index (χ4v) is 10.6. The van der Waals surface area contributed by atoms with Crippen molar-refractivity contribution in [3.05, 3.63) is 229 Å². The van der Waals surface area contributed by atoms with Crippen molar-refractivity contribution in [1.82, 2.24) is 23.7 Å². The van der Waals surface area contributed by atoms with Gasteiger partial charge in [0.15, 0.2) is 0 Å². The van der Waals surface area contributed by atoms with Gasteiger partial charge in [0.05, 0.1) is 0 Å². The Hall–Kier alpha value is -8.38. The predicted octanol–water partition coefficient (Wildman–Crippen LogP) is 14.7. The second kappa shape index (κ2) is 15.9. The van der Waals surface area contributed by atoms with Crippen molar-refractivity contribution in [2.75, 3.05) is 0 Å². The summed E-state index contributed by atoms with van der Waals surface area (Å²) in [5.41, 5.74) is 14.0. The molecule has 13 rings (SSSR count). The molecule has 13 aromatic rings. The van der Waals surface area contributed by atoms with E-state index in [1.165, 1.54) is 0 Å². The molecule has 8 aromatic carbocycles. The summed E-state index contributed by atoms with van der Waals surface area (Å²) >= 11 is 2.47. The van der Waals surface area contributed by atoms with Gasteiger partial charge in [0.2, 0.25) is 5.71 Å². The van der Waals surface area contributed by atoms with Crippen molar-refractivity contribution >= 4 is 54.9 Å². The molecule has 5 aromatic heterocycles. The maximum absolute atomic E-state index is 6.70.